The molecule has 1 unspecified atom stereocenters. The number of piperidine rings is 1. The number of nitrogens with zero attached hydrogens (tertiary/aromatic N) is 3. The molecule has 1 aliphatic rings. The highest BCUT2D eigenvalue weighted by Crippen LogP contribution is 2.30. The number of aromatic nitrogens is 2. The van der Waals surface area contributed by atoms with Crippen LogP contribution >= 0.6 is 0 Å². The molecule has 19 heavy (non-hydrogen) atoms. The molecule has 2 heterocycles. The Hall–Kier alpha value is -1.84. The topological polar surface area (TPSA) is 38.2 Å². The molecule has 4 heteroatoms. The zero-order valence-corrected chi connectivity index (χ0v) is 11.5. The third kappa shape index (κ3) is 2.23. The van der Waals surface area contributed by atoms with Gasteiger partial charge < -0.3 is 9.64 Å². The molecular formula is C15H19N3O. The van der Waals surface area contributed by atoms with E-state index >= 15 is 0 Å². The fourth-order valence-corrected chi connectivity index (χ4v) is 2.79. The van der Waals surface area contributed by atoms with Crippen molar-refractivity contribution in [3.8, 4) is 5.75 Å². The number of hydrogen-bond donors (Lipinski definition) is 0. The zero-order valence-electron chi connectivity index (χ0n) is 11.5. The van der Waals surface area contributed by atoms with E-state index in [-0.39, 0.29) is 0 Å². The number of anilines is 1. The van der Waals surface area contributed by atoms with Crippen molar-refractivity contribution < 1.29 is 4.74 Å². The third-order valence-corrected chi connectivity index (χ3v) is 3.90. The van der Waals surface area contributed by atoms with E-state index < -0.39 is 0 Å². The second kappa shape index (κ2) is 5.03. The van der Waals surface area contributed by atoms with Crippen LogP contribution in [0.5, 0.6) is 5.75 Å². The molecule has 4 nitrogen and oxygen atoms in total. The van der Waals surface area contributed by atoms with Gasteiger partial charge in [-0.25, -0.2) is 9.97 Å². The van der Waals surface area contributed by atoms with Crippen LogP contribution in [0.1, 0.15) is 26.2 Å². The van der Waals surface area contributed by atoms with Crippen LogP contribution in [0.3, 0.4) is 0 Å². The Morgan fingerprint density at radius 1 is 1.26 bits per heavy atom. The number of fused-ring (bicyclic) bond motifs is 1. The van der Waals surface area contributed by atoms with Crippen molar-refractivity contribution in [1.82, 2.24) is 9.97 Å². The van der Waals surface area contributed by atoms with Crippen LogP contribution in [0.4, 0.5) is 5.82 Å². The first-order valence-electron chi connectivity index (χ1n) is 6.85. The second-order valence-electron chi connectivity index (χ2n) is 5.12. The van der Waals surface area contributed by atoms with E-state index in [1.165, 1.54) is 19.3 Å². The fourth-order valence-electron chi connectivity index (χ4n) is 2.79. The maximum atomic E-state index is 5.25. The second-order valence-corrected chi connectivity index (χ2v) is 5.12. The average molecular weight is 257 g/mol. The van der Waals surface area contributed by atoms with E-state index in [9.17, 15) is 0 Å². The molecule has 1 aromatic heterocycles. The molecule has 1 aliphatic heterocycles. The first kappa shape index (κ1) is 12.2. The molecule has 0 bridgehead atoms. The number of methoxy groups -OCH3 is 1. The molecule has 0 spiro atoms. The van der Waals surface area contributed by atoms with E-state index in [1.54, 1.807) is 13.4 Å². The van der Waals surface area contributed by atoms with Gasteiger partial charge in [-0.3, -0.25) is 0 Å². The van der Waals surface area contributed by atoms with Crippen molar-refractivity contribution >= 4 is 16.7 Å². The Bertz CT molecular complexity index is 585. The van der Waals surface area contributed by atoms with Gasteiger partial charge in [-0.15, -0.1) is 0 Å². The summed E-state index contributed by atoms with van der Waals surface area (Å²) in [6.07, 6.45) is 5.45. The highest BCUT2D eigenvalue weighted by molar-refractivity contribution is 5.90. The van der Waals surface area contributed by atoms with Crippen LogP contribution < -0.4 is 9.64 Å². The summed E-state index contributed by atoms with van der Waals surface area (Å²) < 4.78 is 5.25. The Morgan fingerprint density at radius 3 is 2.95 bits per heavy atom. The monoisotopic (exact) mass is 257 g/mol. The van der Waals surface area contributed by atoms with E-state index in [4.69, 9.17) is 4.74 Å². The third-order valence-electron chi connectivity index (χ3n) is 3.90. The summed E-state index contributed by atoms with van der Waals surface area (Å²) in [6, 6.07) is 6.55. The predicted octanol–water partition coefficient (Wildman–Crippen LogP) is 3.02. The first-order chi connectivity index (χ1) is 9.29. The number of rotatable bonds is 2. The highest BCUT2D eigenvalue weighted by Gasteiger charge is 2.21. The Labute approximate surface area is 113 Å². The molecule has 0 aliphatic carbocycles. The zero-order chi connectivity index (χ0) is 13.2. The standard InChI is InChI=1S/C15H19N3O/c1-11-5-3-4-8-18(11)15-13-7-6-12(19-2)9-14(13)16-10-17-15/h6-7,9-11H,3-5,8H2,1-2H3. The molecule has 0 saturated carbocycles. The van der Waals surface area contributed by atoms with Crippen LogP contribution in [-0.2, 0) is 0 Å². The van der Waals surface area contributed by atoms with Crippen LogP contribution in [-0.4, -0.2) is 29.7 Å². The van der Waals surface area contributed by atoms with Gasteiger partial charge in [0, 0.05) is 24.0 Å². The predicted molar refractivity (Wildman–Crippen MR) is 76.7 cm³/mol. The van der Waals surface area contributed by atoms with Gasteiger partial charge in [-0.05, 0) is 38.3 Å². The smallest absolute Gasteiger partial charge is 0.140 e. The van der Waals surface area contributed by atoms with Crippen molar-refractivity contribution in [2.75, 3.05) is 18.6 Å². The van der Waals surface area contributed by atoms with Crippen molar-refractivity contribution in [3.05, 3.63) is 24.5 Å². The maximum absolute atomic E-state index is 5.25. The van der Waals surface area contributed by atoms with E-state index in [0.717, 1.165) is 29.0 Å². The molecule has 1 fully saturated rings. The van der Waals surface area contributed by atoms with Gasteiger partial charge in [-0.1, -0.05) is 0 Å². The van der Waals surface area contributed by atoms with E-state index in [0.29, 0.717) is 6.04 Å². The molecule has 0 radical (unpaired) electrons. The summed E-state index contributed by atoms with van der Waals surface area (Å²) in [7, 11) is 1.68. The van der Waals surface area contributed by atoms with Crippen LogP contribution in [0.25, 0.3) is 10.9 Å². The van der Waals surface area contributed by atoms with Gasteiger partial charge in [0.2, 0.25) is 0 Å². The Balaban J connectivity index is 2.08. The number of ether oxygens (including phenoxy) is 1. The lowest BCUT2D eigenvalue weighted by Crippen LogP contribution is -2.38. The average Bonchev–Trinajstić information content (AvgIpc) is 2.46. The van der Waals surface area contributed by atoms with Crippen LogP contribution in [0, 0.1) is 0 Å². The molecule has 100 valence electrons. The van der Waals surface area contributed by atoms with Gasteiger partial charge in [-0.2, -0.15) is 0 Å². The molecule has 1 aromatic carbocycles. The van der Waals surface area contributed by atoms with Crippen molar-refractivity contribution in [1.29, 1.82) is 0 Å². The summed E-state index contributed by atoms with van der Waals surface area (Å²) in [4.78, 5) is 11.3. The van der Waals surface area contributed by atoms with Crippen molar-refractivity contribution in [2.24, 2.45) is 0 Å². The highest BCUT2D eigenvalue weighted by atomic mass is 16.5. The normalized spacial score (nSPS) is 19.7. The fraction of sp³-hybridized carbons (Fsp3) is 0.467. The Kier molecular flexibility index (Phi) is 3.23. The minimum Gasteiger partial charge on any atom is -0.497 e. The quantitative estimate of drug-likeness (QED) is 0.829. The van der Waals surface area contributed by atoms with Crippen LogP contribution in [0.15, 0.2) is 24.5 Å². The minimum absolute atomic E-state index is 0.550. The molecule has 0 N–H and O–H groups in total. The largest absolute Gasteiger partial charge is 0.497 e. The van der Waals surface area contributed by atoms with E-state index in [2.05, 4.69) is 27.9 Å². The summed E-state index contributed by atoms with van der Waals surface area (Å²) in [5, 5.41) is 1.11. The van der Waals surface area contributed by atoms with Gasteiger partial charge in [0.05, 0.1) is 12.6 Å². The molecule has 0 amide bonds. The summed E-state index contributed by atoms with van der Waals surface area (Å²) in [5.74, 6) is 1.89. The van der Waals surface area contributed by atoms with Crippen LogP contribution in [0.2, 0.25) is 0 Å². The molecule has 1 atom stereocenters. The van der Waals surface area contributed by atoms with Gasteiger partial charge >= 0.3 is 0 Å². The Morgan fingerprint density at radius 2 is 2.16 bits per heavy atom. The van der Waals surface area contributed by atoms with E-state index in [1.807, 2.05) is 12.1 Å². The van der Waals surface area contributed by atoms with Crippen molar-refractivity contribution in [2.45, 2.75) is 32.2 Å². The van der Waals surface area contributed by atoms with Gasteiger partial charge in [0.15, 0.2) is 0 Å². The molecule has 1 saturated heterocycles. The summed E-state index contributed by atoms with van der Waals surface area (Å²) >= 11 is 0. The number of hydrogen-bond acceptors (Lipinski definition) is 4. The lowest BCUT2D eigenvalue weighted by Gasteiger charge is -2.34. The first-order valence-corrected chi connectivity index (χ1v) is 6.85. The molecular weight excluding hydrogens is 238 g/mol. The van der Waals surface area contributed by atoms with Gasteiger partial charge in [0.1, 0.15) is 17.9 Å². The van der Waals surface area contributed by atoms with Gasteiger partial charge in [0.25, 0.3) is 0 Å². The molecule has 2 aromatic rings. The lowest BCUT2D eigenvalue weighted by atomic mass is 10.0. The molecule has 3 rings (SSSR count). The van der Waals surface area contributed by atoms with Crippen molar-refractivity contribution in [3.63, 3.8) is 0 Å². The number of benzene rings is 1. The SMILES string of the molecule is COc1ccc2c(N3CCCCC3C)ncnc2c1. The lowest BCUT2D eigenvalue weighted by molar-refractivity contribution is 0.415. The maximum Gasteiger partial charge on any atom is 0.140 e. The minimum atomic E-state index is 0.550. The summed E-state index contributed by atoms with van der Waals surface area (Å²) in [5.41, 5.74) is 0.946. The summed E-state index contributed by atoms with van der Waals surface area (Å²) in [6.45, 7) is 3.36.